The van der Waals surface area contributed by atoms with Gasteiger partial charge in [-0.2, -0.15) is 0 Å². The Kier molecular flexibility index (Phi) is 6.37. The first-order valence-corrected chi connectivity index (χ1v) is 6.97. The van der Waals surface area contributed by atoms with E-state index >= 15 is 0 Å². The minimum absolute atomic E-state index is 0.231. The van der Waals surface area contributed by atoms with E-state index in [9.17, 15) is 5.11 Å². The number of nitrogens with two attached hydrogens (primary N) is 1. The maximum absolute atomic E-state index is 10.2. The summed E-state index contributed by atoms with van der Waals surface area (Å²) in [6.07, 6.45) is 2.46. The molecule has 2 unspecified atom stereocenters. The minimum Gasteiger partial charge on any atom is -0.393 e. The van der Waals surface area contributed by atoms with Gasteiger partial charge in [0.25, 0.3) is 0 Å². The largest absolute Gasteiger partial charge is 0.393 e. The van der Waals surface area contributed by atoms with Crippen molar-refractivity contribution in [1.82, 2.24) is 0 Å². The van der Waals surface area contributed by atoms with Crippen LogP contribution < -0.4 is 5.73 Å². The molecule has 0 amide bonds. The summed E-state index contributed by atoms with van der Waals surface area (Å²) in [6.45, 7) is 7.05. The predicted molar refractivity (Wildman–Crippen MR) is 77.5 cm³/mol. The molecule has 1 aromatic carbocycles. The molecule has 2 atom stereocenters. The van der Waals surface area contributed by atoms with Crippen LogP contribution in [0.2, 0.25) is 0 Å². The van der Waals surface area contributed by atoms with Crippen LogP contribution in [-0.4, -0.2) is 17.8 Å². The molecule has 0 saturated heterocycles. The van der Waals surface area contributed by atoms with Crippen LogP contribution in [0, 0.1) is 18.8 Å². The van der Waals surface area contributed by atoms with Crippen molar-refractivity contribution in [3.05, 3.63) is 35.4 Å². The van der Waals surface area contributed by atoms with E-state index in [4.69, 9.17) is 5.73 Å². The molecule has 0 spiro atoms. The van der Waals surface area contributed by atoms with Crippen LogP contribution in [0.15, 0.2) is 24.3 Å². The lowest BCUT2D eigenvalue weighted by molar-refractivity contribution is 0.0911. The molecule has 3 N–H and O–H groups in total. The summed E-state index contributed by atoms with van der Waals surface area (Å²) in [5.41, 5.74) is 8.39. The van der Waals surface area contributed by atoms with Crippen LogP contribution in [0.5, 0.6) is 0 Å². The molecule has 18 heavy (non-hydrogen) atoms. The molecule has 2 nitrogen and oxygen atoms in total. The third-order valence-electron chi connectivity index (χ3n) is 3.59. The summed E-state index contributed by atoms with van der Waals surface area (Å²) < 4.78 is 0. The van der Waals surface area contributed by atoms with Crippen LogP contribution in [0.3, 0.4) is 0 Å². The maximum Gasteiger partial charge on any atom is 0.0583 e. The highest BCUT2D eigenvalue weighted by molar-refractivity contribution is 5.25. The van der Waals surface area contributed by atoms with Gasteiger partial charge in [-0.1, -0.05) is 38.1 Å². The Bertz CT molecular complexity index is 349. The first-order chi connectivity index (χ1) is 8.54. The average Bonchev–Trinajstić information content (AvgIpc) is 2.34. The molecular formula is C16H27NO. The number of hydrogen-bond acceptors (Lipinski definition) is 2. The van der Waals surface area contributed by atoms with Gasteiger partial charge in [-0.3, -0.25) is 0 Å². The fourth-order valence-corrected chi connectivity index (χ4v) is 2.45. The number of aryl methyl sites for hydroxylation is 2. The van der Waals surface area contributed by atoms with Crippen LogP contribution >= 0.6 is 0 Å². The zero-order valence-corrected chi connectivity index (χ0v) is 11.9. The van der Waals surface area contributed by atoms with Gasteiger partial charge in [0.05, 0.1) is 6.10 Å². The second-order valence-electron chi connectivity index (χ2n) is 5.66. The van der Waals surface area contributed by atoms with Crippen molar-refractivity contribution in [2.75, 3.05) is 6.54 Å². The van der Waals surface area contributed by atoms with Crippen molar-refractivity contribution in [2.24, 2.45) is 17.6 Å². The molecule has 0 aliphatic carbocycles. The predicted octanol–water partition coefficient (Wildman–Crippen LogP) is 2.91. The zero-order chi connectivity index (χ0) is 13.5. The van der Waals surface area contributed by atoms with Gasteiger partial charge in [0, 0.05) is 0 Å². The Morgan fingerprint density at radius 3 is 2.44 bits per heavy atom. The van der Waals surface area contributed by atoms with Crippen LogP contribution in [0.1, 0.15) is 37.8 Å². The lowest BCUT2D eigenvalue weighted by Gasteiger charge is -2.23. The lowest BCUT2D eigenvalue weighted by Crippen LogP contribution is -2.29. The van der Waals surface area contributed by atoms with Gasteiger partial charge in [0.1, 0.15) is 0 Å². The maximum atomic E-state index is 10.2. The van der Waals surface area contributed by atoms with Gasteiger partial charge in [-0.25, -0.2) is 0 Å². The molecule has 0 heterocycles. The quantitative estimate of drug-likeness (QED) is 0.780. The number of benzene rings is 1. The smallest absolute Gasteiger partial charge is 0.0583 e. The van der Waals surface area contributed by atoms with E-state index in [-0.39, 0.29) is 12.0 Å². The lowest BCUT2D eigenvalue weighted by atomic mass is 9.88. The number of aliphatic hydroxyl groups excluding tert-OH is 1. The van der Waals surface area contributed by atoms with Crippen LogP contribution in [0.25, 0.3) is 0 Å². The molecule has 0 bridgehead atoms. The molecule has 1 rings (SSSR count). The fraction of sp³-hybridized carbons (Fsp3) is 0.625. The fourth-order valence-electron chi connectivity index (χ4n) is 2.45. The highest BCUT2D eigenvalue weighted by Gasteiger charge is 2.18. The first kappa shape index (κ1) is 15.2. The first-order valence-electron chi connectivity index (χ1n) is 6.97. The summed E-state index contributed by atoms with van der Waals surface area (Å²) in [7, 11) is 0. The van der Waals surface area contributed by atoms with E-state index in [0.29, 0.717) is 12.5 Å². The standard InChI is InChI=1S/C16H27NO/c1-12(2)10-15(11-17)16(18)9-8-14-7-5-4-6-13(14)3/h4-7,12,15-16,18H,8-11,17H2,1-3H3. The molecule has 2 heteroatoms. The van der Waals surface area contributed by atoms with Gasteiger partial charge in [0.2, 0.25) is 0 Å². The second kappa shape index (κ2) is 7.55. The number of rotatable bonds is 7. The van der Waals surface area contributed by atoms with E-state index in [1.54, 1.807) is 0 Å². The van der Waals surface area contributed by atoms with E-state index in [0.717, 1.165) is 19.3 Å². The SMILES string of the molecule is Cc1ccccc1CCC(O)C(CN)CC(C)C. The van der Waals surface area contributed by atoms with Crippen molar-refractivity contribution >= 4 is 0 Å². The van der Waals surface area contributed by atoms with Gasteiger partial charge in [-0.05, 0) is 55.7 Å². The van der Waals surface area contributed by atoms with Crippen molar-refractivity contribution in [2.45, 2.75) is 46.1 Å². The topological polar surface area (TPSA) is 46.2 Å². The van der Waals surface area contributed by atoms with Crippen molar-refractivity contribution < 1.29 is 5.11 Å². The third kappa shape index (κ3) is 4.79. The molecule has 1 aromatic rings. The molecule has 0 aliphatic rings. The summed E-state index contributed by atoms with van der Waals surface area (Å²) in [6, 6.07) is 8.37. The molecule has 0 aromatic heterocycles. The Labute approximate surface area is 111 Å². The Balaban J connectivity index is 2.49. The molecule has 0 aliphatic heterocycles. The summed E-state index contributed by atoms with van der Waals surface area (Å²) in [5.74, 6) is 0.820. The molecule has 0 radical (unpaired) electrons. The summed E-state index contributed by atoms with van der Waals surface area (Å²) in [4.78, 5) is 0. The Hall–Kier alpha value is -0.860. The highest BCUT2D eigenvalue weighted by atomic mass is 16.3. The van der Waals surface area contributed by atoms with Crippen molar-refractivity contribution in [1.29, 1.82) is 0 Å². The van der Waals surface area contributed by atoms with Crippen molar-refractivity contribution in [3.63, 3.8) is 0 Å². The van der Waals surface area contributed by atoms with Crippen LogP contribution in [0.4, 0.5) is 0 Å². The Morgan fingerprint density at radius 1 is 1.22 bits per heavy atom. The minimum atomic E-state index is -0.281. The van der Waals surface area contributed by atoms with Gasteiger partial charge < -0.3 is 10.8 Å². The monoisotopic (exact) mass is 249 g/mol. The van der Waals surface area contributed by atoms with E-state index in [2.05, 4.69) is 45.0 Å². The van der Waals surface area contributed by atoms with Gasteiger partial charge in [0.15, 0.2) is 0 Å². The second-order valence-corrected chi connectivity index (χ2v) is 5.66. The summed E-state index contributed by atoms with van der Waals surface area (Å²) in [5, 5.41) is 10.2. The molecule has 102 valence electrons. The van der Waals surface area contributed by atoms with Gasteiger partial charge in [-0.15, -0.1) is 0 Å². The third-order valence-corrected chi connectivity index (χ3v) is 3.59. The average molecular weight is 249 g/mol. The van der Waals surface area contributed by atoms with Gasteiger partial charge >= 0.3 is 0 Å². The van der Waals surface area contributed by atoms with Crippen LogP contribution in [-0.2, 0) is 6.42 Å². The number of aliphatic hydroxyl groups is 1. The number of hydrogen-bond donors (Lipinski definition) is 2. The summed E-state index contributed by atoms with van der Waals surface area (Å²) >= 11 is 0. The van der Waals surface area contributed by atoms with E-state index < -0.39 is 0 Å². The molecule has 0 fully saturated rings. The Morgan fingerprint density at radius 2 is 1.89 bits per heavy atom. The zero-order valence-electron chi connectivity index (χ0n) is 11.9. The van der Waals surface area contributed by atoms with E-state index in [1.807, 2.05) is 0 Å². The highest BCUT2D eigenvalue weighted by Crippen LogP contribution is 2.19. The van der Waals surface area contributed by atoms with Crippen molar-refractivity contribution in [3.8, 4) is 0 Å². The molecule has 0 saturated carbocycles. The normalized spacial score (nSPS) is 14.8. The molecular weight excluding hydrogens is 222 g/mol. The van der Waals surface area contributed by atoms with E-state index in [1.165, 1.54) is 11.1 Å².